The smallest absolute Gasteiger partial charge is 0.337 e. The number of aryl methyl sites for hydroxylation is 1. The molecule has 0 heterocycles. The van der Waals surface area contributed by atoms with Crippen LogP contribution >= 0.6 is 11.8 Å². The number of anilines is 1. The van der Waals surface area contributed by atoms with Gasteiger partial charge in [-0.2, -0.15) is 11.8 Å². The molecule has 1 rings (SSSR count). The lowest BCUT2D eigenvalue weighted by molar-refractivity contribution is 0.0698. The summed E-state index contributed by atoms with van der Waals surface area (Å²) in [5.41, 5.74) is 1.16. The molecule has 1 unspecified atom stereocenters. The number of urea groups is 1. The van der Waals surface area contributed by atoms with Crippen LogP contribution in [-0.4, -0.2) is 35.7 Å². The van der Waals surface area contributed by atoms with Crippen LogP contribution in [0.3, 0.4) is 0 Å². The van der Waals surface area contributed by atoms with Crippen LogP contribution in [0.4, 0.5) is 10.5 Å². The summed E-state index contributed by atoms with van der Waals surface area (Å²) in [6, 6.07) is 4.51. The van der Waals surface area contributed by atoms with Gasteiger partial charge in [0.25, 0.3) is 0 Å². The van der Waals surface area contributed by atoms with Crippen LogP contribution in [0.1, 0.15) is 22.8 Å². The molecular weight excluding hydrogens is 276 g/mol. The van der Waals surface area contributed by atoms with Crippen LogP contribution in [0.2, 0.25) is 0 Å². The molecule has 1 atom stereocenters. The Labute approximate surface area is 123 Å². The third-order valence-electron chi connectivity index (χ3n) is 2.80. The summed E-state index contributed by atoms with van der Waals surface area (Å²) in [5.74, 6) is 0.275. The average molecular weight is 296 g/mol. The maximum atomic E-state index is 11.8. The molecule has 0 spiro atoms. The first kappa shape index (κ1) is 16.4. The second-order valence-electron chi connectivity index (χ2n) is 4.70. The second-order valence-corrected chi connectivity index (χ2v) is 5.61. The third-order valence-corrected chi connectivity index (χ3v) is 3.71. The molecule has 6 heteroatoms. The number of thioether (sulfide) groups is 1. The van der Waals surface area contributed by atoms with E-state index in [1.807, 2.05) is 13.2 Å². The summed E-state index contributed by atoms with van der Waals surface area (Å²) in [4.78, 5) is 23.0. The van der Waals surface area contributed by atoms with Gasteiger partial charge in [0.15, 0.2) is 0 Å². The number of rotatable bonds is 6. The summed E-state index contributed by atoms with van der Waals surface area (Å²) in [7, 11) is 0. The van der Waals surface area contributed by atoms with Gasteiger partial charge in [0.1, 0.15) is 0 Å². The molecule has 0 fully saturated rings. The fourth-order valence-corrected chi connectivity index (χ4v) is 2.47. The third kappa shape index (κ3) is 4.77. The Kier molecular flexibility index (Phi) is 6.38. The quantitative estimate of drug-likeness (QED) is 0.754. The number of amides is 2. The van der Waals surface area contributed by atoms with Gasteiger partial charge in [-0.25, -0.2) is 9.59 Å². The van der Waals surface area contributed by atoms with Crippen LogP contribution in [0.25, 0.3) is 0 Å². The van der Waals surface area contributed by atoms with E-state index in [0.717, 1.165) is 11.3 Å². The second kappa shape index (κ2) is 7.79. The zero-order chi connectivity index (χ0) is 15.1. The summed E-state index contributed by atoms with van der Waals surface area (Å²) in [6.45, 7) is 4.37. The first-order valence-electron chi connectivity index (χ1n) is 6.32. The Morgan fingerprint density at radius 2 is 2.10 bits per heavy atom. The van der Waals surface area contributed by atoms with Crippen molar-refractivity contribution < 1.29 is 14.7 Å². The van der Waals surface area contributed by atoms with Crippen molar-refractivity contribution in [1.29, 1.82) is 0 Å². The van der Waals surface area contributed by atoms with Gasteiger partial charge in [0.05, 0.1) is 11.3 Å². The Morgan fingerprint density at radius 3 is 2.70 bits per heavy atom. The maximum absolute atomic E-state index is 11.8. The SMILES string of the molecule is CSCC(C)CNC(=O)Nc1c(C)cccc1C(=O)O. The van der Waals surface area contributed by atoms with Gasteiger partial charge in [0.2, 0.25) is 0 Å². The zero-order valence-corrected chi connectivity index (χ0v) is 12.7. The molecule has 0 aliphatic carbocycles. The topological polar surface area (TPSA) is 78.4 Å². The molecule has 5 nitrogen and oxygen atoms in total. The van der Waals surface area contributed by atoms with Crippen molar-refractivity contribution in [3.05, 3.63) is 29.3 Å². The first-order valence-corrected chi connectivity index (χ1v) is 7.71. The molecule has 0 aliphatic heterocycles. The van der Waals surface area contributed by atoms with Crippen LogP contribution in [0.5, 0.6) is 0 Å². The minimum Gasteiger partial charge on any atom is -0.478 e. The van der Waals surface area contributed by atoms with E-state index in [4.69, 9.17) is 5.11 Å². The number of benzene rings is 1. The highest BCUT2D eigenvalue weighted by Crippen LogP contribution is 2.20. The van der Waals surface area contributed by atoms with Gasteiger partial charge in [0, 0.05) is 6.54 Å². The number of carboxylic acids is 1. The van der Waals surface area contributed by atoms with Gasteiger partial charge < -0.3 is 15.7 Å². The van der Waals surface area contributed by atoms with Gasteiger partial charge in [-0.3, -0.25) is 0 Å². The van der Waals surface area contributed by atoms with Gasteiger partial charge in [-0.1, -0.05) is 19.1 Å². The predicted octanol–water partition coefficient (Wildman–Crippen LogP) is 2.81. The number of hydrogen-bond donors (Lipinski definition) is 3. The van der Waals surface area contributed by atoms with E-state index in [1.165, 1.54) is 6.07 Å². The summed E-state index contributed by atoms with van der Waals surface area (Å²) in [5, 5.41) is 14.5. The monoisotopic (exact) mass is 296 g/mol. The normalized spacial score (nSPS) is 11.8. The Morgan fingerprint density at radius 1 is 1.40 bits per heavy atom. The minimum absolute atomic E-state index is 0.0947. The van der Waals surface area contributed by atoms with Crippen molar-refractivity contribution >= 4 is 29.4 Å². The molecule has 0 aliphatic rings. The van der Waals surface area contributed by atoms with Crippen molar-refractivity contribution in [2.45, 2.75) is 13.8 Å². The fourth-order valence-electron chi connectivity index (χ4n) is 1.78. The number of carbonyl (C=O) groups excluding carboxylic acids is 1. The van der Waals surface area contributed by atoms with Crippen molar-refractivity contribution in [2.75, 3.05) is 23.9 Å². The zero-order valence-electron chi connectivity index (χ0n) is 11.9. The highest BCUT2D eigenvalue weighted by molar-refractivity contribution is 7.98. The van der Waals surface area contributed by atoms with Gasteiger partial charge in [-0.05, 0) is 36.5 Å². The molecule has 2 amide bonds. The lowest BCUT2D eigenvalue weighted by Crippen LogP contribution is -2.33. The molecule has 0 bridgehead atoms. The molecular formula is C14H20N2O3S. The average Bonchev–Trinajstić information content (AvgIpc) is 2.39. The molecule has 0 radical (unpaired) electrons. The van der Waals surface area contributed by atoms with Crippen LogP contribution in [-0.2, 0) is 0 Å². The lowest BCUT2D eigenvalue weighted by Gasteiger charge is -2.14. The van der Waals surface area contributed by atoms with Crippen molar-refractivity contribution in [1.82, 2.24) is 5.32 Å². The Hall–Kier alpha value is -1.69. The fraction of sp³-hybridized carbons (Fsp3) is 0.429. The van der Waals surface area contributed by atoms with E-state index in [0.29, 0.717) is 18.2 Å². The van der Waals surface area contributed by atoms with Crippen molar-refractivity contribution in [2.24, 2.45) is 5.92 Å². The standard InChI is InChI=1S/C14H20N2O3S/c1-9(8-20-3)7-15-14(19)16-12-10(2)5-4-6-11(12)13(17)18/h4-6,9H,7-8H2,1-3H3,(H,17,18)(H2,15,16,19). The van der Waals surface area contributed by atoms with Gasteiger partial charge >= 0.3 is 12.0 Å². The first-order chi connectivity index (χ1) is 9.45. The summed E-state index contributed by atoms with van der Waals surface area (Å²) in [6.07, 6.45) is 2.02. The Balaban J connectivity index is 2.69. The number of carboxylic acid groups (broad SMARTS) is 1. The molecule has 0 aromatic heterocycles. The number of aromatic carboxylic acids is 1. The van der Waals surface area contributed by atoms with Gasteiger partial charge in [-0.15, -0.1) is 0 Å². The molecule has 3 N–H and O–H groups in total. The summed E-state index contributed by atoms with van der Waals surface area (Å²) >= 11 is 1.72. The summed E-state index contributed by atoms with van der Waals surface area (Å²) < 4.78 is 0. The van der Waals surface area contributed by atoms with Crippen LogP contribution < -0.4 is 10.6 Å². The number of para-hydroxylation sites is 1. The Bertz CT molecular complexity index is 491. The number of hydrogen-bond acceptors (Lipinski definition) is 3. The molecule has 0 saturated carbocycles. The number of carbonyl (C=O) groups is 2. The highest BCUT2D eigenvalue weighted by atomic mass is 32.2. The van der Waals surface area contributed by atoms with Crippen LogP contribution in [0.15, 0.2) is 18.2 Å². The lowest BCUT2D eigenvalue weighted by atomic mass is 10.1. The largest absolute Gasteiger partial charge is 0.478 e. The minimum atomic E-state index is -1.06. The van der Waals surface area contributed by atoms with E-state index in [2.05, 4.69) is 10.6 Å². The van der Waals surface area contributed by atoms with E-state index in [-0.39, 0.29) is 11.6 Å². The van der Waals surface area contributed by atoms with Crippen molar-refractivity contribution in [3.8, 4) is 0 Å². The van der Waals surface area contributed by atoms with Crippen molar-refractivity contribution in [3.63, 3.8) is 0 Å². The van der Waals surface area contributed by atoms with E-state index in [9.17, 15) is 9.59 Å². The molecule has 110 valence electrons. The van der Waals surface area contributed by atoms with E-state index < -0.39 is 5.97 Å². The molecule has 0 saturated heterocycles. The highest BCUT2D eigenvalue weighted by Gasteiger charge is 2.14. The number of nitrogens with one attached hydrogen (secondary N) is 2. The van der Waals surface area contributed by atoms with E-state index in [1.54, 1.807) is 30.8 Å². The predicted molar refractivity (Wildman–Crippen MR) is 82.7 cm³/mol. The molecule has 1 aromatic rings. The molecule has 20 heavy (non-hydrogen) atoms. The maximum Gasteiger partial charge on any atom is 0.337 e. The molecule has 1 aromatic carbocycles. The van der Waals surface area contributed by atoms with Crippen LogP contribution in [0, 0.1) is 12.8 Å². The van der Waals surface area contributed by atoms with E-state index >= 15 is 0 Å².